The number of hydrogen-bond donors (Lipinski definition) is 1. The van der Waals surface area contributed by atoms with Gasteiger partial charge in [0, 0.05) is 38.7 Å². The molecule has 0 aromatic heterocycles. The Morgan fingerprint density at radius 2 is 1.06 bits per heavy atom. The number of hydrogen-bond acceptors (Lipinski definition) is 13. The minimum absolute atomic E-state index is 0.0128. The van der Waals surface area contributed by atoms with Crippen molar-refractivity contribution in [3.05, 3.63) is 36.5 Å². The standard InChI is InChI=1S/C70H132O13Si5/c1-45-38-51-33-36-55-46(2)39-50(75-55)32-30-48(71)31-35-57(81-86(24,25)68(10,11)12)63-65(83-88(28,29)70(16,17)18)64(82-87(26,27)69(13,14)15)62-56(79-63)37-34-52(77-62)40-49(72)41-54-59(43-58(76-51)47(45)3)78-60(61(54)73-19)42-53(80-85(22,23)67(7,8)9)44-74-84(20,21)66(4,5)6/h31,35,45,48,50-65,71H,2-3,30,32-34,36-44H2,1,4-29H3/b35-31-/t45-,48-,50+,51+,52-,53+,54+,55+,56+,57+,58-,59+,60-,61-,62+,63+,64+,65-/m1/s1. The fourth-order valence-electron chi connectivity index (χ4n) is 12.5. The van der Waals surface area contributed by atoms with Gasteiger partial charge in [0.1, 0.15) is 30.2 Å². The largest absolute Gasteiger partial charge is 0.414 e. The van der Waals surface area contributed by atoms with Crippen molar-refractivity contribution in [2.75, 3.05) is 13.7 Å². The summed E-state index contributed by atoms with van der Waals surface area (Å²) >= 11 is 0. The summed E-state index contributed by atoms with van der Waals surface area (Å²) in [5, 5.41) is 11.5. The molecule has 8 aliphatic rings. The first kappa shape index (κ1) is 76.5. The summed E-state index contributed by atoms with van der Waals surface area (Å²) in [6.07, 6.45) is 5.27. The average molecular weight is 1320 g/mol. The highest BCUT2D eigenvalue weighted by molar-refractivity contribution is 6.76. The highest BCUT2D eigenvalue weighted by Crippen LogP contribution is 2.50. The zero-order valence-corrected chi connectivity index (χ0v) is 66.0. The van der Waals surface area contributed by atoms with Crippen molar-refractivity contribution in [1.29, 1.82) is 0 Å². The van der Waals surface area contributed by atoms with Crippen LogP contribution in [0.3, 0.4) is 0 Å². The molecule has 510 valence electrons. The van der Waals surface area contributed by atoms with Crippen LogP contribution >= 0.6 is 0 Å². The Bertz CT molecular complexity index is 2360. The third-order valence-corrected chi connectivity index (χ3v) is 46.1. The predicted octanol–water partition coefficient (Wildman–Crippen LogP) is 17.0. The third kappa shape index (κ3) is 18.7. The molecule has 5 fully saturated rings. The van der Waals surface area contributed by atoms with E-state index < -0.39 is 84.3 Å². The Morgan fingerprint density at radius 1 is 0.545 bits per heavy atom. The Kier molecular flexibility index (Phi) is 24.9. The van der Waals surface area contributed by atoms with Crippen molar-refractivity contribution in [3.8, 4) is 0 Å². The van der Waals surface area contributed by atoms with Gasteiger partial charge in [-0.25, -0.2) is 0 Å². The number of fused-ring (bicyclic) bond motifs is 2. The highest BCUT2D eigenvalue weighted by atomic mass is 28.4. The molecule has 88 heavy (non-hydrogen) atoms. The van der Waals surface area contributed by atoms with Gasteiger partial charge in [0.15, 0.2) is 41.6 Å². The van der Waals surface area contributed by atoms with E-state index in [-0.39, 0.29) is 111 Å². The number of rotatable bonds is 14. The number of Topliss-reactive ketones (excluding diaryl/α,β-unsaturated/α-hetero) is 1. The third-order valence-electron chi connectivity index (χ3n) is 23.7. The molecule has 0 aliphatic carbocycles. The predicted molar refractivity (Wildman–Crippen MR) is 372 cm³/mol. The van der Waals surface area contributed by atoms with Crippen molar-refractivity contribution < 1.29 is 60.5 Å². The van der Waals surface area contributed by atoms with Gasteiger partial charge in [-0.2, -0.15) is 0 Å². The first-order valence-electron chi connectivity index (χ1n) is 34.4. The summed E-state index contributed by atoms with van der Waals surface area (Å²) in [5.74, 6) is 0.0699. The van der Waals surface area contributed by atoms with Crippen molar-refractivity contribution in [2.24, 2.45) is 11.8 Å². The Morgan fingerprint density at radius 3 is 1.61 bits per heavy atom. The van der Waals surface area contributed by atoms with Crippen LogP contribution in [0.15, 0.2) is 36.5 Å². The zero-order chi connectivity index (χ0) is 66.5. The summed E-state index contributed by atoms with van der Waals surface area (Å²) < 4.78 is 80.5. The smallest absolute Gasteiger partial charge is 0.193 e. The normalized spacial score (nSPS) is 35.4. The zero-order valence-electron chi connectivity index (χ0n) is 61.0. The van der Waals surface area contributed by atoms with E-state index in [2.05, 4.69) is 195 Å². The summed E-state index contributed by atoms with van der Waals surface area (Å²) in [7, 11) is -10.3. The molecule has 18 atom stereocenters. The lowest BCUT2D eigenvalue weighted by atomic mass is 9.81. The van der Waals surface area contributed by atoms with E-state index in [0.717, 1.165) is 36.8 Å². The molecule has 8 rings (SSSR count). The van der Waals surface area contributed by atoms with Crippen LogP contribution in [0.2, 0.25) is 90.7 Å². The van der Waals surface area contributed by atoms with E-state index in [9.17, 15) is 5.11 Å². The van der Waals surface area contributed by atoms with Crippen molar-refractivity contribution in [1.82, 2.24) is 0 Å². The second kappa shape index (κ2) is 28.7. The maximum atomic E-state index is 15.4. The minimum Gasteiger partial charge on any atom is -0.414 e. The van der Waals surface area contributed by atoms with Crippen LogP contribution in [0.5, 0.6) is 0 Å². The summed E-state index contributed by atoms with van der Waals surface area (Å²) in [5.41, 5.74) is 2.17. The number of carbonyl (C=O) groups excluding carboxylic acids is 1. The van der Waals surface area contributed by atoms with Crippen LogP contribution in [0.25, 0.3) is 0 Å². The summed E-state index contributed by atoms with van der Waals surface area (Å²) in [4.78, 5) is 15.4. The van der Waals surface area contributed by atoms with E-state index in [1.165, 1.54) is 0 Å². The van der Waals surface area contributed by atoms with Gasteiger partial charge in [-0.3, -0.25) is 4.79 Å². The van der Waals surface area contributed by atoms with Gasteiger partial charge in [0.25, 0.3) is 0 Å². The number of aliphatic hydroxyl groups excluding tert-OH is 1. The maximum Gasteiger partial charge on any atom is 0.193 e. The van der Waals surface area contributed by atoms with Crippen LogP contribution in [0.1, 0.15) is 188 Å². The van der Waals surface area contributed by atoms with Crippen LogP contribution in [-0.2, 0) is 55.3 Å². The quantitative estimate of drug-likeness (QED) is 0.131. The van der Waals surface area contributed by atoms with E-state index in [4.69, 9.17) is 50.6 Å². The van der Waals surface area contributed by atoms with E-state index in [1.807, 2.05) is 6.08 Å². The molecule has 0 aromatic carbocycles. The average Bonchev–Trinajstić information content (AvgIpc) is 0.954. The number of methoxy groups -OCH3 is 1. The maximum absolute atomic E-state index is 15.4. The molecule has 1 N–H and O–H groups in total. The summed E-state index contributed by atoms with van der Waals surface area (Å²) in [6, 6.07) is 0. The molecule has 13 nitrogen and oxygen atoms in total. The first-order chi connectivity index (χ1) is 40.0. The van der Waals surface area contributed by atoms with Gasteiger partial charge in [-0.1, -0.05) is 136 Å². The molecular formula is C70H132O13Si5. The molecule has 0 saturated carbocycles. The Hall–Kier alpha value is -0.506. The van der Waals surface area contributed by atoms with E-state index >= 15 is 4.79 Å². The van der Waals surface area contributed by atoms with Gasteiger partial charge in [0.05, 0.1) is 79.9 Å². The lowest BCUT2D eigenvalue weighted by Crippen LogP contribution is -2.69. The molecule has 0 aromatic rings. The molecule has 8 aliphatic heterocycles. The second-order valence-corrected chi connectivity index (χ2v) is 59.5. The van der Waals surface area contributed by atoms with Crippen LogP contribution in [0, 0.1) is 11.8 Å². The lowest BCUT2D eigenvalue weighted by molar-refractivity contribution is -0.266. The number of ether oxygens (including phenoxy) is 6. The number of aliphatic hydroxyl groups is 1. The lowest BCUT2D eigenvalue weighted by Gasteiger charge is -2.56. The molecule has 18 heteroatoms. The second-order valence-electron chi connectivity index (χ2n) is 35.7. The fourth-order valence-corrected chi connectivity index (χ4v) is 18.8. The number of carbonyl (C=O) groups is 1. The molecule has 5 saturated heterocycles. The Labute approximate surface area is 543 Å². The highest BCUT2D eigenvalue weighted by Gasteiger charge is 2.59. The Balaban J connectivity index is 1.45. The molecule has 0 spiro atoms. The topological polar surface area (TPSA) is 139 Å². The molecule has 0 radical (unpaired) electrons. The molecular weight excluding hydrogens is 1190 g/mol. The first-order valence-corrected chi connectivity index (χ1v) is 48.9. The van der Waals surface area contributed by atoms with Crippen molar-refractivity contribution in [3.63, 3.8) is 0 Å². The molecule has 8 bridgehead atoms. The van der Waals surface area contributed by atoms with E-state index in [0.29, 0.717) is 45.1 Å². The van der Waals surface area contributed by atoms with E-state index in [1.54, 1.807) is 7.11 Å². The SMILES string of the molecule is C=C1C[C@@H]2CC[C@@H](O)/C=C\[C@H](O[Si](C)(C)C(C)(C)C)[C@@H]3O[C@H]4CC[C@H](CC(=O)C[C@@H]5[C@@H](OC)[C@@H](C[C@@H](CO[Si](C)(C)C(C)(C)C)O[Si](C)(C)C(C)(C)C)O[C@H]5C[C@H]5O[C@@H](CC[C@@H]1O2)C[C@@H](C)C5=C)O[C@@H]4[C@H](O[Si](C)(C)C(C)(C)C)[C@@H]3O[Si](C)(C)C(C)(C)C. The van der Waals surface area contributed by atoms with Gasteiger partial charge in [0.2, 0.25) is 0 Å². The van der Waals surface area contributed by atoms with Gasteiger partial charge in [-0.05, 0) is 159 Å². The summed E-state index contributed by atoms with van der Waals surface area (Å²) in [6.45, 7) is 69.2. The molecule has 8 heterocycles. The van der Waals surface area contributed by atoms with Crippen molar-refractivity contribution >= 4 is 47.4 Å². The van der Waals surface area contributed by atoms with Crippen LogP contribution in [-0.4, -0.2) is 164 Å². The van der Waals surface area contributed by atoms with Gasteiger partial charge < -0.3 is 55.7 Å². The minimum atomic E-state index is -2.58. The number of ketones is 1. The molecule has 0 unspecified atom stereocenters. The van der Waals surface area contributed by atoms with Crippen LogP contribution < -0.4 is 0 Å². The van der Waals surface area contributed by atoms with Gasteiger partial charge in [-0.15, -0.1) is 0 Å². The molecule has 0 amide bonds. The van der Waals surface area contributed by atoms with Crippen LogP contribution in [0.4, 0.5) is 0 Å². The fraction of sp³-hybridized carbons (Fsp3) is 0.900. The monoisotopic (exact) mass is 1320 g/mol. The van der Waals surface area contributed by atoms with Gasteiger partial charge >= 0.3 is 0 Å². The van der Waals surface area contributed by atoms with Crippen molar-refractivity contribution in [2.45, 2.75) is 376 Å².